The van der Waals surface area contributed by atoms with Crippen molar-refractivity contribution in [2.45, 2.75) is 116 Å². The minimum atomic E-state index is -0.234. The van der Waals surface area contributed by atoms with Gasteiger partial charge in [0.1, 0.15) is 0 Å². The van der Waals surface area contributed by atoms with Gasteiger partial charge in [0, 0.05) is 18.9 Å². The number of hydrogen-bond acceptors (Lipinski definition) is 3. The molecule has 3 aliphatic rings. The second kappa shape index (κ2) is 8.92. The molecule has 0 aromatic rings. The van der Waals surface area contributed by atoms with Gasteiger partial charge in [0.25, 0.3) is 0 Å². The summed E-state index contributed by atoms with van der Waals surface area (Å²) < 4.78 is 12.7. The van der Waals surface area contributed by atoms with Crippen molar-refractivity contribution in [3.63, 3.8) is 0 Å². The van der Waals surface area contributed by atoms with E-state index < -0.39 is 0 Å². The van der Waals surface area contributed by atoms with Gasteiger partial charge >= 0.3 is 0 Å². The standard InChI is InChI=1S/C23H43NO2/c1-5-20-10-7-8-16-24(20)17-9-11-21-18-25-23(26-21)14-12-19(13-15-23)22(3,4)6-2/h19-21H,5-18H2,1-4H3. The first-order valence-corrected chi connectivity index (χ1v) is 11.5. The molecule has 3 fully saturated rings. The number of ether oxygens (including phenoxy) is 2. The van der Waals surface area contributed by atoms with Gasteiger partial charge in [-0.3, -0.25) is 0 Å². The first-order chi connectivity index (χ1) is 12.5. The van der Waals surface area contributed by atoms with E-state index in [2.05, 4.69) is 32.6 Å². The minimum Gasteiger partial charge on any atom is -0.347 e. The van der Waals surface area contributed by atoms with Crippen molar-refractivity contribution < 1.29 is 9.47 Å². The largest absolute Gasteiger partial charge is 0.347 e. The summed E-state index contributed by atoms with van der Waals surface area (Å²) >= 11 is 0. The van der Waals surface area contributed by atoms with Gasteiger partial charge in [0.05, 0.1) is 12.7 Å². The highest BCUT2D eigenvalue weighted by Crippen LogP contribution is 2.47. The molecule has 26 heavy (non-hydrogen) atoms. The fourth-order valence-corrected chi connectivity index (χ4v) is 5.49. The molecule has 3 nitrogen and oxygen atoms in total. The zero-order valence-electron chi connectivity index (χ0n) is 17.9. The molecule has 0 radical (unpaired) electrons. The van der Waals surface area contributed by atoms with Crippen molar-refractivity contribution in [2.24, 2.45) is 11.3 Å². The van der Waals surface area contributed by atoms with E-state index >= 15 is 0 Å². The summed E-state index contributed by atoms with van der Waals surface area (Å²) in [7, 11) is 0. The normalized spacial score (nSPS) is 36.7. The average Bonchev–Trinajstić information content (AvgIpc) is 3.05. The van der Waals surface area contributed by atoms with Gasteiger partial charge in [0.15, 0.2) is 5.79 Å². The molecule has 1 aliphatic carbocycles. The summed E-state index contributed by atoms with van der Waals surface area (Å²) in [6.45, 7) is 12.9. The number of nitrogens with zero attached hydrogens (tertiary/aromatic N) is 1. The predicted molar refractivity (Wildman–Crippen MR) is 108 cm³/mol. The lowest BCUT2D eigenvalue weighted by Crippen LogP contribution is -2.40. The lowest BCUT2D eigenvalue weighted by Gasteiger charge is -2.42. The fraction of sp³-hybridized carbons (Fsp3) is 1.00. The molecule has 152 valence electrons. The van der Waals surface area contributed by atoms with Crippen LogP contribution in [0.15, 0.2) is 0 Å². The number of hydrogen-bond donors (Lipinski definition) is 0. The fourth-order valence-electron chi connectivity index (χ4n) is 5.49. The molecule has 1 saturated carbocycles. The molecule has 3 heteroatoms. The Hall–Kier alpha value is -0.120. The van der Waals surface area contributed by atoms with Crippen molar-refractivity contribution >= 4 is 0 Å². The highest BCUT2D eigenvalue weighted by molar-refractivity contribution is 4.89. The van der Waals surface area contributed by atoms with Crippen molar-refractivity contribution in [3.05, 3.63) is 0 Å². The van der Waals surface area contributed by atoms with E-state index in [9.17, 15) is 0 Å². The molecule has 3 rings (SSSR count). The Balaban J connectivity index is 1.39. The van der Waals surface area contributed by atoms with E-state index in [4.69, 9.17) is 9.47 Å². The molecule has 0 aromatic heterocycles. The number of piperidine rings is 1. The SMILES string of the molecule is CCC1CCCCN1CCCC1COC2(CCC(C(C)(C)CC)CC2)O1. The molecule has 2 heterocycles. The van der Waals surface area contributed by atoms with Crippen LogP contribution in [0.1, 0.15) is 98.3 Å². The van der Waals surface area contributed by atoms with E-state index in [1.54, 1.807) is 0 Å². The molecule has 2 unspecified atom stereocenters. The van der Waals surface area contributed by atoms with Crippen LogP contribution in [0.25, 0.3) is 0 Å². The summed E-state index contributed by atoms with van der Waals surface area (Å²) in [6.07, 6.45) is 14.3. The average molecular weight is 366 g/mol. The van der Waals surface area contributed by atoms with E-state index in [1.165, 1.54) is 70.9 Å². The van der Waals surface area contributed by atoms with Crippen molar-refractivity contribution in [1.29, 1.82) is 0 Å². The van der Waals surface area contributed by atoms with Gasteiger partial charge in [0.2, 0.25) is 0 Å². The summed E-state index contributed by atoms with van der Waals surface area (Å²) in [5.74, 6) is 0.594. The van der Waals surface area contributed by atoms with Crippen LogP contribution in [0.2, 0.25) is 0 Å². The van der Waals surface area contributed by atoms with Crippen LogP contribution in [0.4, 0.5) is 0 Å². The molecule has 0 bridgehead atoms. The third-order valence-electron chi connectivity index (χ3n) is 7.87. The summed E-state index contributed by atoms with van der Waals surface area (Å²) in [5.41, 5.74) is 0.462. The van der Waals surface area contributed by atoms with Gasteiger partial charge in [-0.15, -0.1) is 0 Å². The Labute approximate surface area is 162 Å². The van der Waals surface area contributed by atoms with Crippen LogP contribution < -0.4 is 0 Å². The van der Waals surface area contributed by atoms with E-state index in [-0.39, 0.29) is 5.79 Å². The smallest absolute Gasteiger partial charge is 0.168 e. The predicted octanol–water partition coefficient (Wildman–Crippen LogP) is 5.77. The molecule has 0 aromatic carbocycles. The molecule has 1 spiro atoms. The monoisotopic (exact) mass is 365 g/mol. The van der Waals surface area contributed by atoms with E-state index in [0.717, 1.165) is 31.4 Å². The van der Waals surface area contributed by atoms with Crippen LogP contribution in [0.3, 0.4) is 0 Å². The van der Waals surface area contributed by atoms with Gasteiger partial charge < -0.3 is 14.4 Å². The van der Waals surface area contributed by atoms with Crippen molar-refractivity contribution in [3.8, 4) is 0 Å². The third-order valence-corrected chi connectivity index (χ3v) is 7.87. The minimum absolute atomic E-state index is 0.234. The summed E-state index contributed by atoms with van der Waals surface area (Å²) in [6, 6.07) is 0.827. The first-order valence-electron chi connectivity index (χ1n) is 11.5. The zero-order chi connectivity index (χ0) is 18.6. The highest BCUT2D eigenvalue weighted by atomic mass is 16.7. The second-order valence-electron chi connectivity index (χ2n) is 9.81. The summed E-state index contributed by atoms with van der Waals surface area (Å²) in [4.78, 5) is 2.73. The van der Waals surface area contributed by atoms with E-state index in [1.807, 2.05) is 0 Å². The van der Waals surface area contributed by atoms with Crippen LogP contribution in [0.5, 0.6) is 0 Å². The maximum Gasteiger partial charge on any atom is 0.168 e. The molecular formula is C23H43NO2. The quantitative estimate of drug-likeness (QED) is 0.572. The zero-order valence-corrected chi connectivity index (χ0v) is 17.9. The number of likely N-dealkylation sites (tertiary alicyclic amines) is 1. The maximum atomic E-state index is 6.49. The van der Waals surface area contributed by atoms with Gasteiger partial charge in [-0.05, 0) is 69.4 Å². The Morgan fingerprint density at radius 3 is 2.54 bits per heavy atom. The molecule has 2 aliphatic heterocycles. The molecule has 2 saturated heterocycles. The Morgan fingerprint density at radius 2 is 1.85 bits per heavy atom. The van der Waals surface area contributed by atoms with Crippen LogP contribution in [0, 0.1) is 11.3 Å². The second-order valence-corrected chi connectivity index (χ2v) is 9.81. The summed E-state index contributed by atoms with van der Waals surface area (Å²) in [5, 5.41) is 0. The lowest BCUT2D eigenvalue weighted by atomic mass is 9.68. The van der Waals surface area contributed by atoms with Gasteiger partial charge in [-0.1, -0.05) is 40.5 Å². The molecule has 2 atom stereocenters. The van der Waals surface area contributed by atoms with E-state index in [0.29, 0.717) is 11.5 Å². The Bertz CT molecular complexity index is 428. The van der Waals surface area contributed by atoms with Crippen molar-refractivity contribution in [2.75, 3.05) is 19.7 Å². The molecule has 0 amide bonds. The first kappa shape index (κ1) is 20.6. The highest BCUT2D eigenvalue weighted by Gasteiger charge is 2.46. The van der Waals surface area contributed by atoms with Crippen molar-refractivity contribution in [1.82, 2.24) is 4.90 Å². The third kappa shape index (κ3) is 4.83. The van der Waals surface area contributed by atoms with Crippen LogP contribution in [-0.2, 0) is 9.47 Å². The van der Waals surface area contributed by atoms with Crippen LogP contribution >= 0.6 is 0 Å². The number of rotatable bonds is 7. The Kier molecular flexibility index (Phi) is 7.07. The molecule has 0 N–H and O–H groups in total. The van der Waals surface area contributed by atoms with Gasteiger partial charge in [-0.2, -0.15) is 0 Å². The Morgan fingerprint density at radius 1 is 1.08 bits per heavy atom. The topological polar surface area (TPSA) is 21.7 Å². The molecular weight excluding hydrogens is 322 g/mol. The maximum absolute atomic E-state index is 6.49. The lowest BCUT2D eigenvalue weighted by molar-refractivity contribution is -0.197. The van der Waals surface area contributed by atoms with Crippen LogP contribution in [-0.4, -0.2) is 42.5 Å². The van der Waals surface area contributed by atoms with Gasteiger partial charge in [-0.25, -0.2) is 0 Å².